The van der Waals surface area contributed by atoms with Crippen LogP contribution in [0, 0.1) is 0 Å². The number of carbonyl (C=O) groups is 1. The van der Waals surface area contributed by atoms with Crippen LogP contribution in [0.1, 0.15) is 48.7 Å². The Bertz CT molecular complexity index is 573. The second-order valence-corrected chi connectivity index (χ2v) is 8.07. The molecular weight excluding hydrogens is 308 g/mol. The molecule has 1 aliphatic rings. The lowest BCUT2D eigenvalue weighted by atomic mass is 10.2. The molecule has 0 aromatic carbocycles. The Balaban J connectivity index is 2.13. The van der Waals surface area contributed by atoms with Crippen LogP contribution < -0.4 is 5.32 Å². The summed E-state index contributed by atoms with van der Waals surface area (Å²) >= 11 is 1.19. The van der Waals surface area contributed by atoms with Gasteiger partial charge >= 0.3 is 0 Å². The van der Waals surface area contributed by atoms with Gasteiger partial charge in [0.25, 0.3) is 5.91 Å². The van der Waals surface area contributed by atoms with Gasteiger partial charge in [0.1, 0.15) is 0 Å². The standard InChI is InChI=1S/C14H22N2O3S2/c1-2-7-15-14(17)13-10-12(11-20-13)21(18,19)16-8-5-3-4-6-9-16/h10-11H,2-9H2,1H3,(H,15,17). The van der Waals surface area contributed by atoms with Crippen LogP contribution in [0.25, 0.3) is 0 Å². The summed E-state index contributed by atoms with van der Waals surface area (Å²) in [6, 6.07) is 1.50. The molecule has 0 saturated carbocycles. The molecular formula is C14H22N2O3S2. The fourth-order valence-electron chi connectivity index (χ4n) is 2.33. The van der Waals surface area contributed by atoms with Gasteiger partial charge in [0.15, 0.2) is 0 Å². The van der Waals surface area contributed by atoms with Crippen molar-refractivity contribution in [3.8, 4) is 0 Å². The predicted molar refractivity (Wildman–Crippen MR) is 84.2 cm³/mol. The summed E-state index contributed by atoms with van der Waals surface area (Å²) in [5.41, 5.74) is 0. The van der Waals surface area contributed by atoms with Gasteiger partial charge in [0, 0.05) is 25.0 Å². The van der Waals surface area contributed by atoms with E-state index in [0.29, 0.717) is 24.5 Å². The Morgan fingerprint density at radius 1 is 1.29 bits per heavy atom. The highest BCUT2D eigenvalue weighted by molar-refractivity contribution is 7.89. The van der Waals surface area contributed by atoms with Crippen LogP contribution in [0.3, 0.4) is 0 Å². The van der Waals surface area contributed by atoms with Crippen molar-refractivity contribution in [2.75, 3.05) is 19.6 Å². The minimum atomic E-state index is -3.45. The summed E-state index contributed by atoms with van der Waals surface area (Å²) in [4.78, 5) is 12.6. The van der Waals surface area contributed by atoms with E-state index in [1.54, 1.807) is 9.69 Å². The monoisotopic (exact) mass is 330 g/mol. The number of nitrogens with zero attached hydrogens (tertiary/aromatic N) is 1. The lowest BCUT2D eigenvalue weighted by Gasteiger charge is -2.18. The minimum Gasteiger partial charge on any atom is -0.351 e. The molecule has 0 radical (unpaired) electrons. The molecule has 1 N–H and O–H groups in total. The van der Waals surface area contributed by atoms with Crippen molar-refractivity contribution in [1.82, 2.24) is 9.62 Å². The van der Waals surface area contributed by atoms with Crippen molar-refractivity contribution in [3.63, 3.8) is 0 Å². The largest absolute Gasteiger partial charge is 0.351 e. The van der Waals surface area contributed by atoms with Gasteiger partial charge in [-0.15, -0.1) is 11.3 Å². The molecule has 21 heavy (non-hydrogen) atoms. The van der Waals surface area contributed by atoms with E-state index < -0.39 is 10.0 Å². The Morgan fingerprint density at radius 2 is 1.95 bits per heavy atom. The van der Waals surface area contributed by atoms with Crippen LogP contribution in [0.4, 0.5) is 0 Å². The highest BCUT2D eigenvalue weighted by Gasteiger charge is 2.26. The Labute approximate surface area is 130 Å². The third-order valence-electron chi connectivity index (χ3n) is 3.54. The van der Waals surface area contributed by atoms with Crippen LogP contribution in [-0.2, 0) is 10.0 Å². The number of sulfonamides is 1. The molecule has 0 bridgehead atoms. The highest BCUT2D eigenvalue weighted by atomic mass is 32.2. The second kappa shape index (κ2) is 7.38. The van der Waals surface area contributed by atoms with Crippen LogP contribution in [0.15, 0.2) is 16.3 Å². The molecule has 1 saturated heterocycles. The average Bonchev–Trinajstić information content (AvgIpc) is 2.81. The zero-order valence-electron chi connectivity index (χ0n) is 12.3. The molecule has 2 rings (SSSR count). The van der Waals surface area contributed by atoms with Crippen molar-refractivity contribution in [2.24, 2.45) is 0 Å². The zero-order valence-corrected chi connectivity index (χ0v) is 13.9. The van der Waals surface area contributed by atoms with Crippen molar-refractivity contribution in [2.45, 2.75) is 43.9 Å². The Kier molecular flexibility index (Phi) is 5.78. The van der Waals surface area contributed by atoms with Gasteiger partial charge in [0.05, 0.1) is 9.77 Å². The van der Waals surface area contributed by atoms with Crippen molar-refractivity contribution >= 4 is 27.3 Å². The Morgan fingerprint density at radius 3 is 2.57 bits per heavy atom. The maximum atomic E-state index is 12.6. The summed E-state index contributed by atoms with van der Waals surface area (Å²) in [6.07, 6.45) is 4.84. The van der Waals surface area contributed by atoms with E-state index in [9.17, 15) is 13.2 Å². The smallest absolute Gasteiger partial charge is 0.261 e. The molecule has 0 unspecified atom stereocenters. The topological polar surface area (TPSA) is 66.5 Å². The fourth-order valence-corrected chi connectivity index (χ4v) is 5.02. The number of hydrogen-bond donors (Lipinski definition) is 1. The van der Waals surface area contributed by atoms with Crippen LogP contribution in [0.2, 0.25) is 0 Å². The first kappa shape index (κ1) is 16.5. The number of rotatable bonds is 5. The molecule has 0 atom stereocenters. The number of amides is 1. The first-order valence-electron chi connectivity index (χ1n) is 7.42. The maximum Gasteiger partial charge on any atom is 0.261 e. The third kappa shape index (κ3) is 4.05. The quantitative estimate of drug-likeness (QED) is 0.902. The fraction of sp³-hybridized carbons (Fsp3) is 0.643. The summed E-state index contributed by atoms with van der Waals surface area (Å²) in [6.45, 7) is 3.74. The van der Waals surface area contributed by atoms with E-state index in [2.05, 4.69) is 5.32 Å². The van der Waals surface area contributed by atoms with Crippen LogP contribution in [0.5, 0.6) is 0 Å². The summed E-state index contributed by atoms with van der Waals surface area (Å²) < 4.78 is 26.7. The van der Waals surface area contributed by atoms with Crippen LogP contribution in [-0.4, -0.2) is 38.3 Å². The van der Waals surface area contributed by atoms with Gasteiger partial charge in [-0.3, -0.25) is 4.79 Å². The first-order chi connectivity index (χ1) is 10.1. The summed E-state index contributed by atoms with van der Waals surface area (Å²) in [5.74, 6) is -0.195. The van der Waals surface area contributed by atoms with Crippen molar-refractivity contribution in [3.05, 3.63) is 16.3 Å². The predicted octanol–water partition coefficient (Wildman–Crippen LogP) is 2.45. The Hall–Kier alpha value is -0.920. The van der Waals surface area contributed by atoms with Gasteiger partial charge in [-0.1, -0.05) is 19.8 Å². The van der Waals surface area contributed by atoms with Gasteiger partial charge in [-0.25, -0.2) is 8.42 Å². The molecule has 1 aromatic heterocycles. The second-order valence-electron chi connectivity index (χ2n) is 5.22. The zero-order chi connectivity index (χ0) is 15.3. The average molecular weight is 330 g/mol. The number of carbonyl (C=O) groups excluding carboxylic acids is 1. The lowest BCUT2D eigenvalue weighted by Crippen LogP contribution is -2.31. The van der Waals surface area contributed by atoms with Gasteiger partial charge < -0.3 is 5.32 Å². The summed E-state index contributed by atoms with van der Waals surface area (Å²) in [7, 11) is -3.45. The van der Waals surface area contributed by atoms with E-state index in [4.69, 9.17) is 0 Å². The molecule has 7 heteroatoms. The number of thiophene rings is 1. The molecule has 0 spiro atoms. The van der Waals surface area contributed by atoms with E-state index in [1.807, 2.05) is 6.92 Å². The minimum absolute atomic E-state index is 0.195. The number of nitrogens with one attached hydrogen (secondary N) is 1. The molecule has 5 nitrogen and oxygen atoms in total. The van der Waals surface area contributed by atoms with E-state index >= 15 is 0 Å². The van der Waals surface area contributed by atoms with E-state index in [1.165, 1.54) is 17.4 Å². The molecule has 1 aliphatic heterocycles. The first-order valence-corrected chi connectivity index (χ1v) is 9.74. The molecule has 2 heterocycles. The normalized spacial score (nSPS) is 17.4. The maximum absolute atomic E-state index is 12.6. The van der Waals surface area contributed by atoms with Crippen molar-refractivity contribution in [1.29, 1.82) is 0 Å². The van der Waals surface area contributed by atoms with Gasteiger partial charge in [-0.05, 0) is 25.3 Å². The molecule has 1 fully saturated rings. The molecule has 0 aliphatic carbocycles. The summed E-state index contributed by atoms with van der Waals surface area (Å²) in [5, 5.41) is 4.34. The van der Waals surface area contributed by atoms with Crippen molar-refractivity contribution < 1.29 is 13.2 Å². The SMILES string of the molecule is CCCNC(=O)c1cc(S(=O)(=O)N2CCCCCC2)cs1. The van der Waals surface area contributed by atoms with E-state index in [-0.39, 0.29) is 10.8 Å². The third-order valence-corrected chi connectivity index (χ3v) is 6.49. The van der Waals surface area contributed by atoms with Gasteiger partial charge in [0.2, 0.25) is 10.0 Å². The molecule has 1 amide bonds. The van der Waals surface area contributed by atoms with E-state index in [0.717, 1.165) is 32.1 Å². The van der Waals surface area contributed by atoms with Crippen LogP contribution >= 0.6 is 11.3 Å². The van der Waals surface area contributed by atoms with Gasteiger partial charge in [-0.2, -0.15) is 4.31 Å². The number of hydrogen-bond acceptors (Lipinski definition) is 4. The highest BCUT2D eigenvalue weighted by Crippen LogP contribution is 2.24. The lowest BCUT2D eigenvalue weighted by molar-refractivity contribution is 0.0957. The molecule has 118 valence electrons. The molecule has 1 aromatic rings.